The van der Waals surface area contributed by atoms with E-state index in [0.717, 1.165) is 23.5 Å². The first kappa shape index (κ1) is 21.7. The molecule has 0 radical (unpaired) electrons. The van der Waals surface area contributed by atoms with E-state index >= 15 is 0 Å². The van der Waals surface area contributed by atoms with Gasteiger partial charge in [0.05, 0.1) is 13.2 Å². The molecule has 1 atom stereocenters. The summed E-state index contributed by atoms with van der Waals surface area (Å²) < 4.78 is 11.5. The summed E-state index contributed by atoms with van der Waals surface area (Å²) in [5.41, 5.74) is 2.10. The summed E-state index contributed by atoms with van der Waals surface area (Å²) in [6.07, 6.45) is 0.764. The van der Waals surface area contributed by atoms with E-state index in [-0.39, 0.29) is 17.2 Å². The second kappa shape index (κ2) is 10.2. The standard InChI is InChI=1S/C22H25N3O4S/c1-15-5-9-19(10-6-15)28-13-4-14-29-20-11-7-18(8-12-20)21-25(17(3)27)24-22(30-21)23-16(2)26/h5-12,21H,4,13-14H2,1-3H3,(H,23,24,26)/t21-/m1/s1. The SMILES string of the molecule is CC(=O)NC1=NN(C(C)=O)[C@@H](c2ccc(OCCCOc3ccc(C)cc3)cc2)S1. The molecule has 0 unspecified atom stereocenters. The highest BCUT2D eigenvalue weighted by molar-refractivity contribution is 8.14. The minimum Gasteiger partial charge on any atom is -0.493 e. The van der Waals surface area contributed by atoms with Crippen LogP contribution in [0.15, 0.2) is 53.6 Å². The lowest BCUT2D eigenvalue weighted by Crippen LogP contribution is -2.25. The molecular weight excluding hydrogens is 402 g/mol. The van der Waals surface area contributed by atoms with Gasteiger partial charge in [-0.05, 0) is 36.8 Å². The first-order chi connectivity index (χ1) is 14.4. The van der Waals surface area contributed by atoms with Crippen molar-refractivity contribution in [1.82, 2.24) is 10.3 Å². The number of hydrogen-bond donors (Lipinski definition) is 1. The Labute approximate surface area is 180 Å². The third-order valence-corrected chi connectivity index (χ3v) is 5.36. The number of rotatable bonds is 7. The highest BCUT2D eigenvalue weighted by Crippen LogP contribution is 2.39. The number of amides is 2. The number of thioether (sulfide) groups is 1. The van der Waals surface area contributed by atoms with Crippen molar-refractivity contribution in [2.24, 2.45) is 5.10 Å². The molecule has 3 rings (SSSR count). The molecule has 0 saturated carbocycles. The predicted molar refractivity (Wildman–Crippen MR) is 117 cm³/mol. The maximum absolute atomic E-state index is 11.9. The Morgan fingerprint density at radius 1 is 1.00 bits per heavy atom. The molecule has 8 heteroatoms. The van der Waals surface area contributed by atoms with Crippen LogP contribution >= 0.6 is 11.8 Å². The van der Waals surface area contributed by atoms with Crippen LogP contribution in [0.2, 0.25) is 0 Å². The van der Waals surface area contributed by atoms with Gasteiger partial charge < -0.3 is 14.8 Å². The van der Waals surface area contributed by atoms with E-state index in [1.54, 1.807) is 0 Å². The number of benzene rings is 2. The van der Waals surface area contributed by atoms with Gasteiger partial charge in [0.15, 0.2) is 5.17 Å². The zero-order valence-electron chi connectivity index (χ0n) is 17.3. The van der Waals surface area contributed by atoms with Crippen molar-refractivity contribution in [3.63, 3.8) is 0 Å². The second-order valence-corrected chi connectivity index (χ2v) is 7.92. The van der Waals surface area contributed by atoms with Crippen LogP contribution in [-0.4, -0.2) is 35.2 Å². The monoisotopic (exact) mass is 427 g/mol. The Hall–Kier alpha value is -3.00. The summed E-state index contributed by atoms with van der Waals surface area (Å²) in [6, 6.07) is 15.5. The average molecular weight is 428 g/mol. The number of carbonyl (C=O) groups excluding carboxylic acids is 2. The number of nitrogens with one attached hydrogen (secondary N) is 1. The van der Waals surface area contributed by atoms with E-state index in [9.17, 15) is 9.59 Å². The topological polar surface area (TPSA) is 80.2 Å². The molecule has 0 spiro atoms. The van der Waals surface area contributed by atoms with Crippen LogP contribution in [0.1, 0.15) is 36.8 Å². The summed E-state index contributed by atoms with van der Waals surface area (Å²) in [5, 5.41) is 8.29. The minimum absolute atomic E-state index is 0.193. The van der Waals surface area contributed by atoms with Crippen LogP contribution in [-0.2, 0) is 9.59 Å². The van der Waals surface area contributed by atoms with E-state index in [2.05, 4.69) is 10.4 Å². The lowest BCUT2D eigenvalue weighted by molar-refractivity contribution is -0.129. The van der Waals surface area contributed by atoms with Crippen molar-refractivity contribution in [2.75, 3.05) is 13.2 Å². The molecular formula is C22H25N3O4S. The van der Waals surface area contributed by atoms with Gasteiger partial charge in [-0.15, -0.1) is 5.10 Å². The fraction of sp³-hybridized carbons (Fsp3) is 0.318. The van der Waals surface area contributed by atoms with Crippen molar-refractivity contribution in [3.05, 3.63) is 59.7 Å². The number of hydrazone groups is 1. The zero-order valence-corrected chi connectivity index (χ0v) is 18.1. The van der Waals surface area contributed by atoms with Gasteiger partial charge in [0.2, 0.25) is 11.8 Å². The molecule has 0 aromatic heterocycles. The molecule has 0 bridgehead atoms. The van der Waals surface area contributed by atoms with Crippen molar-refractivity contribution in [1.29, 1.82) is 0 Å². The van der Waals surface area contributed by atoms with Gasteiger partial charge in [-0.1, -0.05) is 41.6 Å². The van der Waals surface area contributed by atoms with Crippen molar-refractivity contribution in [2.45, 2.75) is 32.6 Å². The second-order valence-electron chi connectivity index (χ2n) is 6.85. The largest absolute Gasteiger partial charge is 0.493 e. The first-order valence-corrected chi connectivity index (χ1v) is 10.6. The van der Waals surface area contributed by atoms with Gasteiger partial charge in [-0.25, -0.2) is 5.01 Å². The molecule has 1 aliphatic rings. The molecule has 0 aliphatic carbocycles. The van der Waals surface area contributed by atoms with Crippen molar-refractivity contribution < 1.29 is 19.1 Å². The first-order valence-electron chi connectivity index (χ1n) is 9.67. The molecule has 2 aromatic rings. The average Bonchev–Trinajstić information content (AvgIpc) is 3.13. The number of aryl methyl sites for hydroxylation is 1. The third kappa shape index (κ3) is 6.00. The van der Waals surface area contributed by atoms with Crippen LogP contribution in [0.4, 0.5) is 0 Å². The van der Waals surface area contributed by atoms with Gasteiger partial charge >= 0.3 is 0 Å². The van der Waals surface area contributed by atoms with Gasteiger partial charge in [0.1, 0.15) is 16.9 Å². The van der Waals surface area contributed by atoms with E-state index in [1.165, 1.54) is 36.2 Å². The summed E-state index contributed by atoms with van der Waals surface area (Å²) in [4.78, 5) is 23.2. The van der Waals surface area contributed by atoms with Crippen molar-refractivity contribution >= 4 is 28.7 Å². The molecule has 1 N–H and O–H groups in total. The van der Waals surface area contributed by atoms with Crippen LogP contribution < -0.4 is 14.8 Å². The number of nitrogens with zero attached hydrogens (tertiary/aromatic N) is 2. The minimum atomic E-state index is -0.318. The predicted octanol–water partition coefficient (Wildman–Crippen LogP) is 3.84. The lowest BCUT2D eigenvalue weighted by atomic mass is 10.2. The Bertz CT molecular complexity index is 913. The molecule has 2 aromatic carbocycles. The summed E-state index contributed by atoms with van der Waals surface area (Å²) in [5.74, 6) is 1.19. The summed E-state index contributed by atoms with van der Waals surface area (Å²) >= 11 is 1.32. The van der Waals surface area contributed by atoms with Crippen LogP contribution in [0.5, 0.6) is 11.5 Å². The quantitative estimate of drug-likeness (QED) is 0.679. The summed E-state index contributed by atoms with van der Waals surface area (Å²) in [6.45, 7) is 6.02. The third-order valence-electron chi connectivity index (χ3n) is 4.26. The Morgan fingerprint density at radius 2 is 1.57 bits per heavy atom. The van der Waals surface area contributed by atoms with Gasteiger partial charge in [-0.3, -0.25) is 9.59 Å². The Morgan fingerprint density at radius 3 is 2.10 bits per heavy atom. The van der Waals surface area contributed by atoms with Crippen LogP contribution in [0, 0.1) is 6.92 Å². The van der Waals surface area contributed by atoms with Crippen molar-refractivity contribution in [3.8, 4) is 11.5 Å². The molecule has 2 amide bonds. The molecule has 158 valence electrons. The van der Waals surface area contributed by atoms with Gasteiger partial charge in [-0.2, -0.15) is 0 Å². The number of amidine groups is 1. The number of carbonyl (C=O) groups is 2. The molecule has 0 fully saturated rings. The maximum Gasteiger partial charge on any atom is 0.241 e. The number of hydrogen-bond acceptors (Lipinski definition) is 6. The maximum atomic E-state index is 11.9. The van der Waals surface area contributed by atoms with Crippen LogP contribution in [0.25, 0.3) is 0 Å². The Kier molecular flexibility index (Phi) is 7.35. The highest BCUT2D eigenvalue weighted by Gasteiger charge is 2.32. The molecule has 1 aliphatic heterocycles. The molecule has 7 nitrogen and oxygen atoms in total. The smallest absolute Gasteiger partial charge is 0.241 e. The van der Waals surface area contributed by atoms with Gasteiger partial charge in [0, 0.05) is 20.3 Å². The lowest BCUT2D eigenvalue weighted by Gasteiger charge is -2.19. The fourth-order valence-electron chi connectivity index (χ4n) is 2.78. The van der Waals surface area contributed by atoms with E-state index in [1.807, 2.05) is 55.5 Å². The molecule has 1 heterocycles. The Balaban J connectivity index is 1.48. The zero-order chi connectivity index (χ0) is 21.5. The molecule has 0 saturated heterocycles. The highest BCUT2D eigenvalue weighted by atomic mass is 32.2. The van der Waals surface area contributed by atoms with E-state index in [0.29, 0.717) is 18.4 Å². The molecule has 30 heavy (non-hydrogen) atoms. The normalized spacial score (nSPS) is 15.5. The fourth-order valence-corrected chi connectivity index (χ4v) is 3.92. The number of ether oxygens (including phenoxy) is 2. The summed E-state index contributed by atoms with van der Waals surface area (Å²) in [7, 11) is 0. The van der Waals surface area contributed by atoms with Crippen LogP contribution in [0.3, 0.4) is 0 Å². The van der Waals surface area contributed by atoms with E-state index in [4.69, 9.17) is 9.47 Å². The van der Waals surface area contributed by atoms with Gasteiger partial charge in [0.25, 0.3) is 0 Å². The van der Waals surface area contributed by atoms with E-state index < -0.39 is 0 Å².